The molecule has 0 fully saturated rings. The number of ether oxygens (including phenoxy) is 1. The minimum atomic E-state index is -0.275. The maximum Gasteiger partial charge on any atom is 0.407 e. The maximum atomic E-state index is 11.5. The van der Waals surface area contributed by atoms with Crippen molar-refractivity contribution in [1.29, 1.82) is 0 Å². The van der Waals surface area contributed by atoms with E-state index in [2.05, 4.69) is 41.4 Å². The van der Waals surface area contributed by atoms with E-state index in [0.29, 0.717) is 6.61 Å². The van der Waals surface area contributed by atoms with Crippen LogP contribution >= 0.6 is 0 Å². The second kappa shape index (κ2) is 22.0. The summed E-state index contributed by atoms with van der Waals surface area (Å²) in [5.74, 6) is 0. The standard InChI is InChI=1S/C24H46N2O2/c1-4-5-6-7-8-9-10-11-12-13-14-15-16-17-18-19-21-25-24(27)28-23-20-22-26(2)3/h8-11H,4-7,12-23H2,1-3H3,(H,25,27)/b9-8+,11-10-. The molecule has 164 valence electrons. The van der Waals surface area contributed by atoms with Crippen LogP contribution in [-0.4, -0.2) is 44.8 Å². The zero-order chi connectivity index (χ0) is 20.7. The predicted molar refractivity (Wildman–Crippen MR) is 122 cm³/mol. The molecule has 0 radical (unpaired) electrons. The van der Waals surface area contributed by atoms with Gasteiger partial charge >= 0.3 is 6.09 Å². The number of unbranched alkanes of at least 4 members (excludes halogenated alkanes) is 10. The van der Waals surface area contributed by atoms with Crippen molar-refractivity contribution < 1.29 is 9.53 Å². The number of hydrogen-bond acceptors (Lipinski definition) is 3. The first-order valence-corrected chi connectivity index (χ1v) is 11.5. The minimum absolute atomic E-state index is 0.275. The van der Waals surface area contributed by atoms with Crippen molar-refractivity contribution in [3.05, 3.63) is 24.3 Å². The SMILES string of the molecule is CCCCC/C=C/C=C\CCCCCCCCCNC(=O)OCCCN(C)C. The van der Waals surface area contributed by atoms with Crippen molar-refractivity contribution in [2.45, 2.75) is 90.4 Å². The molecular weight excluding hydrogens is 348 g/mol. The third kappa shape index (κ3) is 22.8. The summed E-state index contributed by atoms with van der Waals surface area (Å²) in [6.07, 6.45) is 24.7. The molecular formula is C24H46N2O2. The molecule has 28 heavy (non-hydrogen) atoms. The molecule has 0 bridgehead atoms. The van der Waals surface area contributed by atoms with Crippen LogP contribution in [0.1, 0.15) is 90.4 Å². The fourth-order valence-electron chi connectivity index (χ4n) is 2.92. The molecule has 0 unspecified atom stereocenters. The third-order valence-electron chi connectivity index (χ3n) is 4.66. The Kier molecular flexibility index (Phi) is 21.0. The summed E-state index contributed by atoms with van der Waals surface area (Å²) in [5.41, 5.74) is 0. The van der Waals surface area contributed by atoms with Gasteiger partial charge < -0.3 is 15.0 Å². The average molecular weight is 395 g/mol. The second-order valence-corrected chi connectivity index (χ2v) is 7.84. The van der Waals surface area contributed by atoms with Gasteiger partial charge in [-0.2, -0.15) is 0 Å². The van der Waals surface area contributed by atoms with Gasteiger partial charge in [0.25, 0.3) is 0 Å². The van der Waals surface area contributed by atoms with Crippen LogP contribution in [0, 0.1) is 0 Å². The van der Waals surface area contributed by atoms with Crippen LogP contribution in [0.3, 0.4) is 0 Å². The highest BCUT2D eigenvalue weighted by Gasteiger charge is 2.00. The average Bonchev–Trinajstić information content (AvgIpc) is 2.67. The van der Waals surface area contributed by atoms with E-state index in [0.717, 1.165) is 25.9 Å². The fraction of sp³-hybridized carbons (Fsp3) is 0.792. The molecule has 0 spiro atoms. The molecule has 0 aromatic carbocycles. The van der Waals surface area contributed by atoms with Crippen molar-refractivity contribution in [1.82, 2.24) is 10.2 Å². The lowest BCUT2D eigenvalue weighted by atomic mass is 10.1. The molecule has 4 heteroatoms. The zero-order valence-electron chi connectivity index (χ0n) is 18.9. The number of amides is 1. The van der Waals surface area contributed by atoms with Gasteiger partial charge in [-0.05, 0) is 52.6 Å². The van der Waals surface area contributed by atoms with Gasteiger partial charge in [-0.1, -0.05) is 76.2 Å². The van der Waals surface area contributed by atoms with Gasteiger partial charge in [0, 0.05) is 13.1 Å². The van der Waals surface area contributed by atoms with E-state index >= 15 is 0 Å². The molecule has 0 aliphatic carbocycles. The Morgan fingerprint density at radius 3 is 2.00 bits per heavy atom. The summed E-state index contributed by atoms with van der Waals surface area (Å²) >= 11 is 0. The Hall–Kier alpha value is -1.29. The number of hydrogen-bond donors (Lipinski definition) is 1. The lowest BCUT2D eigenvalue weighted by molar-refractivity contribution is 0.141. The smallest absolute Gasteiger partial charge is 0.407 e. The van der Waals surface area contributed by atoms with E-state index in [4.69, 9.17) is 4.74 Å². The molecule has 1 amide bonds. The van der Waals surface area contributed by atoms with Crippen LogP contribution < -0.4 is 5.32 Å². The Bertz CT molecular complexity index is 392. The van der Waals surface area contributed by atoms with E-state index in [1.165, 1.54) is 70.6 Å². The second-order valence-electron chi connectivity index (χ2n) is 7.84. The molecule has 0 saturated heterocycles. The molecule has 1 N–H and O–H groups in total. The molecule has 0 aliphatic heterocycles. The molecule has 0 aromatic rings. The normalized spacial score (nSPS) is 11.7. The first-order chi connectivity index (χ1) is 13.7. The lowest BCUT2D eigenvalue weighted by Gasteiger charge is -2.10. The highest BCUT2D eigenvalue weighted by molar-refractivity contribution is 5.66. The largest absolute Gasteiger partial charge is 0.450 e. The summed E-state index contributed by atoms with van der Waals surface area (Å²) in [5, 5.41) is 2.83. The van der Waals surface area contributed by atoms with Crippen LogP contribution in [0.5, 0.6) is 0 Å². The number of carbonyl (C=O) groups is 1. The summed E-state index contributed by atoms with van der Waals surface area (Å²) in [6.45, 7) is 4.41. The lowest BCUT2D eigenvalue weighted by Crippen LogP contribution is -2.26. The highest BCUT2D eigenvalue weighted by atomic mass is 16.5. The number of alkyl carbamates (subject to hydrolysis) is 1. The van der Waals surface area contributed by atoms with E-state index in [1.54, 1.807) is 0 Å². The van der Waals surface area contributed by atoms with Gasteiger partial charge in [0.05, 0.1) is 6.61 Å². The van der Waals surface area contributed by atoms with Gasteiger partial charge in [-0.3, -0.25) is 0 Å². The van der Waals surface area contributed by atoms with Crippen LogP contribution in [0.2, 0.25) is 0 Å². The van der Waals surface area contributed by atoms with Crippen LogP contribution in [0.15, 0.2) is 24.3 Å². The van der Waals surface area contributed by atoms with Crippen molar-refractivity contribution >= 4 is 6.09 Å². The Balaban J connectivity index is 3.24. The summed E-state index contributed by atoms with van der Waals surface area (Å²) in [4.78, 5) is 13.6. The fourth-order valence-corrected chi connectivity index (χ4v) is 2.92. The van der Waals surface area contributed by atoms with E-state index < -0.39 is 0 Å². The number of nitrogens with zero attached hydrogens (tertiary/aromatic N) is 1. The summed E-state index contributed by atoms with van der Waals surface area (Å²) < 4.78 is 5.13. The number of carbonyl (C=O) groups excluding carboxylic acids is 1. The first kappa shape index (κ1) is 26.7. The highest BCUT2D eigenvalue weighted by Crippen LogP contribution is 2.09. The van der Waals surface area contributed by atoms with Gasteiger partial charge in [-0.25, -0.2) is 4.79 Å². The Morgan fingerprint density at radius 1 is 0.821 bits per heavy atom. The number of nitrogens with one attached hydrogen (secondary N) is 1. The molecule has 0 atom stereocenters. The van der Waals surface area contributed by atoms with Crippen molar-refractivity contribution in [3.8, 4) is 0 Å². The Labute approximate surface area is 174 Å². The van der Waals surface area contributed by atoms with Crippen molar-refractivity contribution in [2.75, 3.05) is 33.8 Å². The van der Waals surface area contributed by atoms with E-state index in [1.807, 2.05) is 14.1 Å². The number of allylic oxidation sites excluding steroid dienone is 4. The predicted octanol–water partition coefficient (Wildman–Crippen LogP) is 6.48. The third-order valence-corrected chi connectivity index (χ3v) is 4.66. The topological polar surface area (TPSA) is 41.6 Å². The van der Waals surface area contributed by atoms with Crippen molar-refractivity contribution in [3.63, 3.8) is 0 Å². The minimum Gasteiger partial charge on any atom is -0.450 e. The quantitative estimate of drug-likeness (QED) is 0.201. The molecule has 0 rings (SSSR count). The first-order valence-electron chi connectivity index (χ1n) is 11.5. The summed E-state index contributed by atoms with van der Waals surface area (Å²) in [7, 11) is 4.04. The maximum absolute atomic E-state index is 11.5. The monoisotopic (exact) mass is 394 g/mol. The van der Waals surface area contributed by atoms with E-state index in [-0.39, 0.29) is 6.09 Å². The number of rotatable bonds is 19. The molecule has 4 nitrogen and oxygen atoms in total. The van der Waals surface area contributed by atoms with Gasteiger partial charge in [0.1, 0.15) is 0 Å². The van der Waals surface area contributed by atoms with Crippen LogP contribution in [0.4, 0.5) is 4.79 Å². The molecule has 0 saturated carbocycles. The van der Waals surface area contributed by atoms with Crippen LogP contribution in [0.25, 0.3) is 0 Å². The van der Waals surface area contributed by atoms with Crippen molar-refractivity contribution in [2.24, 2.45) is 0 Å². The summed E-state index contributed by atoms with van der Waals surface area (Å²) in [6, 6.07) is 0. The van der Waals surface area contributed by atoms with Gasteiger partial charge in [-0.15, -0.1) is 0 Å². The van der Waals surface area contributed by atoms with Gasteiger partial charge in [0.15, 0.2) is 0 Å². The molecule has 0 heterocycles. The van der Waals surface area contributed by atoms with Crippen LogP contribution in [-0.2, 0) is 4.74 Å². The molecule has 0 aliphatic rings. The van der Waals surface area contributed by atoms with Gasteiger partial charge in [0.2, 0.25) is 0 Å². The molecule has 0 aromatic heterocycles. The zero-order valence-corrected chi connectivity index (χ0v) is 18.9. The Morgan fingerprint density at radius 2 is 1.39 bits per heavy atom. The van der Waals surface area contributed by atoms with E-state index in [9.17, 15) is 4.79 Å².